The Morgan fingerprint density at radius 3 is 2.78 bits per heavy atom. The number of aromatic nitrogens is 2. The second-order valence-electron chi connectivity index (χ2n) is 4.85. The summed E-state index contributed by atoms with van der Waals surface area (Å²) in [5, 5.41) is 13.2. The van der Waals surface area contributed by atoms with Crippen molar-refractivity contribution in [3.05, 3.63) is 18.0 Å². The first-order valence-corrected chi connectivity index (χ1v) is 6.64. The Morgan fingerprint density at radius 1 is 1.50 bits per heavy atom. The Balaban J connectivity index is 2.13. The van der Waals surface area contributed by atoms with Crippen molar-refractivity contribution in [1.29, 1.82) is 0 Å². The highest BCUT2D eigenvalue weighted by molar-refractivity contribution is 5.92. The second-order valence-corrected chi connectivity index (χ2v) is 4.85. The number of aryl methyl sites for hydroxylation is 1. The van der Waals surface area contributed by atoms with Crippen LogP contribution < -0.4 is 0 Å². The molecule has 0 saturated heterocycles. The third-order valence-electron chi connectivity index (χ3n) is 3.66. The summed E-state index contributed by atoms with van der Waals surface area (Å²) in [7, 11) is 1.77. The number of aliphatic hydroxyl groups excluding tert-OH is 1. The van der Waals surface area contributed by atoms with Crippen LogP contribution in [0.3, 0.4) is 0 Å². The number of aliphatic hydroxyl groups is 1. The monoisotopic (exact) mass is 251 g/mol. The highest BCUT2D eigenvalue weighted by atomic mass is 16.3. The lowest BCUT2D eigenvalue weighted by molar-refractivity contribution is 0.0574. The van der Waals surface area contributed by atoms with Crippen LogP contribution in [0.25, 0.3) is 0 Å². The molecule has 2 rings (SSSR count). The third-order valence-corrected chi connectivity index (χ3v) is 3.66. The average Bonchev–Trinajstić information content (AvgIpc) is 2.82. The predicted octanol–water partition coefficient (Wildman–Crippen LogP) is 1.19. The summed E-state index contributed by atoms with van der Waals surface area (Å²) in [6, 6.07) is 2.00. The Hall–Kier alpha value is -1.36. The van der Waals surface area contributed by atoms with Gasteiger partial charge in [0.15, 0.2) is 0 Å². The Labute approximate surface area is 107 Å². The van der Waals surface area contributed by atoms with Gasteiger partial charge in [-0.1, -0.05) is 19.3 Å². The highest BCUT2D eigenvalue weighted by Gasteiger charge is 2.27. The fourth-order valence-corrected chi connectivity index (χ4v) is 2.68. The zero-order valence-electron chi connectivity index (χ0n) is 10.9. The van der Waals surface area contributed by atoms with E-state index in [2.05, 4.69) is 5.10 Å². The van der Waals surface area contributed by atoms with Gasteiger partial charge < -0.3 is 10.0 Å². The van der Waals surface area contributed by atoms with E-state index in [9.17, 15) is 4.79 Å². The zero-order valence-corrected chi connectivity index (χ0v) is 10.9. The molecule has 0 radical (unpaired) electrons. The molecule has 1 aromatic heterocycles. The van der Waals surface area contributed by atoms with E-state index in [1.807, 2.05) is 4.90 Å². The van der Waals surface area contributed by atoms with E-state index in [0.717, 1.165) is 12.8 Å². The van der Waals surface area contributed by atoms with Crippen molar-refractivity contribution in [3.8, 4) is 0 Å². The summed E-state index contributed by atoms with van der Waals surface area (Å²) >= 11 is 0. The second kappa shape index (κ2) is 6.00. The molecule has 1 aliphatic rings. The molecule has 1 heterocycles. The van der Waals surface area contributed by atoms with Crippen LogP contribution >= 0.6 is 0 Å². The smallest absolute Gasteiger partial charge is 0.272 e. The van der Waals surface area contributed by atoms with Gasteiger partial charge in [0.2, 0.25) is 0 Å². The maximum Gasteiger partial charge on any atom is 0.272 e. The van der Waals surface area contributed by atoms with Gasteiger partial charge in [-0.05, 0) is 18.9 Å². The molecule has 0 unspecified atom stereocenters. The molecule has 0 atom stereocenters. The fourth-order valence-electron chi connectivity index (χ4n) is 2.68. The van der Waals surface area contributed by atoms with E-state index in [1.165, 1.54) is 19.3 Å². The SMILES string of the molecule is Cn1nccc1C(=O)N(CCO)C1CCCCC1. The van der Waals surface area contributed by atoms with Crippen LogP contribution in [0.2, 0.25) is 0 Å². The standard InChI is InChI=1S/C13H21N3O2/c1-15-12(7-8-14-15)13(18)16(9-10-17)11-5-3-2-4-6-11/h7-8,11,17H,2-6,9-10H2,1H3. The van der Waals surface area contributed by atoms with Gasteiger partial charge in [-0.25, -0.2) is 0 Å². The van der Waals surface area contributed by atoms with E-state index < -0.39 is 0 Å². The number of rotatable bonds is 4. The average molecular weight is 251 g/mol. The van der Waals surface area contributed by atoms with E-state index in [4.69, 9.17) is 5.11 Å². The Kier molecular flexibility index (Phi) is 4.36. The first kappa shape index (κ1) is 13.1. The molecule has 0 spiro atoms. The number of hydrogen-bond acceptors (Lipinski definition) is 3. The molecule has 1 aliphatic carbocycles. The van der Waals surface area contributed by atoms with Crippen molar-refractivity contribution in [2.24, 2.45) is 7.05 Å². The molecule has 1 fully saturated rings. The molecular formula is C13H21N3O2. The van der Waals surface area contributed by atoms with Gasteiger partial charge in [0, 0.05) is 25.8 Å². The summed E-state index contributed by atoms with van der Waals surface area (Å²) in [6.07, 6.45) is 7.32. The van der Waals surface area contributed by atoms with Gasteiger partial charge in [-0.3, -0.25) is 9.48 Å². The van der Waals surface area contributed by atoms with E-state index >= 15 is 0 Å². The quantitative estimate of drug-likeness (QED) is 0.874. The van der Waals surface area contributed by atoms with Gasteiger partial charge in [-0.15, -0.1) is 0 Å². The molecule has 100 valence electrons. The van der Waals surface area contributed by atoms with Crippen molar-refractivity contribution < 1.29 is 9.90 Å². The molecule has 18 heavy (non-hydrogen) atoms. The van der Waals surface area contributed by atoms with Gasteiger partial charge in [0.05, 0.1) is 6.61 Å². The summed E-state index contributed by atoms with van der Waals surface area (Å²) in [5.74, 6) is -0.0176. The number of carbonyl (C=O) groups excluding carboxylic acids is 1. The van der Waals surface area contributed by atoms with Crippen LogP contribution in [0.15, 0.2) is 12.3 Å². The summed E-state index contributed by atoms with van der Waals surface area (Å²) in [5.41, 5.74) is 0.592. The molecule has 0 aromatic carbocycles. The molecular weight excluding hydrogens is 230 g/mol. The van der Waals surface area contributed by atoms with Crippen molar-refractivity contribution >= 4 is 5.91 Å². The van der Waals surface area contributed by atoms with Gasteiger partial charge >= 0.3 is 0 Å². The maximum atomic E-state index is 12.5. The number of nitrogens with zero attached hydrogens (tertiary/aromatic N) is 3. The highest BCUT2D eigenvalue weighted by Crippen LogP contribution is 2.23. The molecule has 1 saturated carbocycles. The molecule has 1 N–H and O–H groups in total. The topological polar surface area (TPSA) is 58.4 Å². The molecule has 0 aliphatic heterocycles. The van der Waals surface area contributed by atoms with Crippen molar-refractivity contribution in [3.63, 3.8) is 0 Å². The molecule has 0 bridgehead atoms. The first-order chi connectivity index (χ1) is 8.74. The van der Waals surface area contributed by atoms with Crippen molar-refractivity contribution in [1.82, 2.24) is 14.7 Å². The minimum atomic E-state index is -0.0176. The third kappa shape index (κ3) is 2.72. The predicted molar refractivity (Wildman–Crippen MR) is 68.2 cm³/mol. The van der Waals surface area contributed by atoms with Crippen LogP contribution in [0.4, 0.5) is 0 Å². The zero-order chi connectivity index (χ0) is 13.0. The number of hydrogen-bond donors (Lipinski definition) is 1. The lowest BCUT2D eigenvalue weighted by atomic mass is 9.94. The molecule has 5 heteroatoms. The number of carbonyl (C=O) groups is 1. The summed E-state index contributed by atoms with van der Waals surface area (Å²) in [4.78, 5) is 14.3. The van der Waals surface area contributed by atoms with Gasteiger partial charge in [-0.2, -0.15) is 5.10 Å². The normalized spacial score (nSPS) is 16.8. The Morgan fingerprint density at radius 2 is 2.22 bits per heavy atom. The van der Waals surface area contributed by atoms with Crippen LogP contribution in [-0.2, 0) is 7.05 Å². The van der Waals surface area contributed by atoms with E-state index in [1.54, 1.807) is 24.0 Å². The minimum Gasteiger partial charge on any atom is -0.395 e. The summed E-state index contributed by atoms with van der Waals surface area (Å²) < 4.78 is 1.59. The number of amides is 1. The Bertz CT molecular complexity index is 397. The van der Waals surface area contributed by atoms with Crippen LogP contribution in [-0.4, -0.2) is 44.9 Å². The van der Waals surface area contributed by atoms with E-state index in [-0.39, 0.29) is 18.6 Å². The van der Waals surface area contributed by atoms with Crippen LogP contribution in [0.1, 0.15) is 42.6 Å². The molecule has 1 aromatic rings. The largest absolute Gasteiger partial charge is 0.395 e. The van der Waals surface area contributed by atoms with Crippen molar-refractivity contribution in [2.45, 2.75) is 38.1 Å². The minimum absolute atomic E-state index is 0.0140. The van der Waals surface area contributed by atoms with Gasteiger partial charge in [0.25, 0.3) is 5.91 Å². The maximum absolute atomic E-state index is 12.5. The lowest BCUT2D eigenvalue weighted by Gasteiger charge is -2.33. The molecule has 1 amide bonds. The fraction of sp³-hybridized carbons (Fsp3) is 0.692. The van der Waals surface area contributed by atoms with Crippen LogP contribution in [0.5, 0.6) is 0 Å². The van der Waals surface area contributed by atoms with Gasteiger partial charge in [0.1, 0.15) is 5.69 Å². The molecule has 5 nitrogen and oxygen atoms in total. The van der Waals surface area contributed by atoms with Crippen molar-refractivity contribution in [2.75, 3.05) is 13.2 Å². The lowest BCUT2D eigenvalue weighted by Crippen LogP contribution is -2.43. The van der Waals surface area contributed by atoms with E-state index in [0.29, 0.717) is 12.2 Å². The summed E-state index contributed by atoms with van der Waals surface area (Å²) in [6.45, 7) is 0.425. The van der Waals surface area contributed by atoms with Crippen LogP contribution in [0, 0.1) is 0 Å². The first-order valence-electron chi connectivity index (χ1n) is 6.64.